The van der Waals surface area contributed by atoms with Crippen LogP contribution in [0.5, 0.6) is 0 Å². The molecule has 1 heterocycles. The molecule has 1 aliphatic carbocycles. The molecule has 4 nitrogen and oxygen atoms in total. The molecule has 0 radical (unpaired) electrons. The standard InChI is InChI=1S/C14H25N3O/c1-14(2)10-12(9-13(18)11-14)16-5-8-17-6-3-15-4-7-17/h9,15-16H,3-8,10-11H2,1-2H3/p+2. The van der Waals surface area contributed by atoms with Crippen molar-refractivity contribution in [2.75, 3.05) is 39.3 Å². The van der Waals surface area contributed by atoms with Gasteiger partial charge in [-0.15, -0.1) is 0 Å². The fourth-order valence-electron chi connectivity index (χ4n) is 2.99. The second-order valence-electron chi connectivity index (χ2n) is 6.45. The SMILES string of the molecule is CC1(C)CC(=O)C=C(NCC[NH+]2CC[NH2+]CC2)C1. The monoisotopic (exact) mass is 253 g/mol. The normalized spacial score (nSPS) is 24.8. The van der Waals surface area contributed by atoms with Crippen LogP contribution in [-0.2, 0) is 4.79 Å². The van der Waals surface area contributed by atoms with E-state index in [9.17, 15) is 4.79 Å². The van der Waals surface area contributed by atoms with Gasteiger partial charge >= 0.3 is 0 Å². The van der Waals surface area contributed by atoms with Crippen molar-refractivity contribution in [2.45, 2.75) is 26.7 Å². The highest BCUT2D eigenvalue weighted by molar-refractivity contribution is 5.91. The summed E-state index contributed by atoms with van der Waals surface area (Å²) in [5, 5.41) is 5.85. The Balaban J connectivity index is 1.74. The molecule has 0 spiro atoms. The highest BCUT2D eigenvalue weighted by Gasteiger charge is 2.27. The molecule has 1 fully saturated rings. The van der Waals surface area contributed by atoms with Crippen LogP contribution in [0.1, 0.15) is 26.7 Å². The van der Waals surface area contributed by atoms with E-state index >= 15 is 0 Å². The first-order valence-electron chi connectivity index (χ1n) is 7.18. The lowest BCUT2D eigenvalue weighted by molar-refractivity contribution is -0.945. The molecule has 4 heteroatoms. The predicted octanol–water partition coefficient (Wildman–Crippen LogP) is -1.69. The molecule has 0 saturated carbocycles. The van der Waals surface area contributed by atoms with Crippen LogP contribution in [0.15, 0.2) is 11.8 Å². The highest BCUT2D eigenvalue weighted by Crippen LogP contribution is 2.32. The zero-order valence-electron chi connectivity index (χ0n) is 11.7. The number of hydrogen-bond acceptors (Lipinski definition) is 2. The molecule has 0 atom stereocenters. The molecule has 0 aromatic carbocycles. The number of rotatable bonds is 4. The van der Waals surface area contributed by atoms with Crippen LogP contribution in [0.4, 0.5) is 0 Å². The van der Waals surface area contributed by atoms with E-state index in [2.05, 4.69) is 24.5 Å². The molecule has 0 aromatic rings. The molecule has 18 heavy (non-hydrogen) atoms. The largest absolute Gasteiger partial charge is 0.383 e. The lowest BCUT2D eigenvalue weighted by Gasteiger charge is -2.29. The Hall–Kier alpha value is -0.870. The Morgan fingerprint density at radius 3 is 2.72 bits per heavy atom. The zero-order chi connectivity index (χ0) is 13.0. The quantitative estimate of drug-likeness (QED) is 0.560. The second-order valence-corrected chi connectivity index (χ2v) is 6.45. The Morgan fingerprint density at radius 2 is 2.06 bits per heavy atom. The molecular weight excluding hydrogens is 226 g/mol. The fourth-order valence-corrected chi connectivity index (χ4v) is 2.99. The van der Waals surface area contributed by atoms with E-state index in [1.807, 2.05) is 6.08 Å². The van der Waals surface area contributed by atoms with Crippen LogP contribution < -0.4 is 15.5 Å². The van der Waals surface area contributed by atoms with Gasteiger partial charge in [0.05, 0.1) is 13.1 Å². The smallest absolute Gasteiger partial charge is 0.157 e. The van der Waals surface area contributed by atoms with Gasteiger partial charge in [0.15, 0.2) is 5.78 Å². The Morgan fingerprint density at radius 1 is 1.33 bits per heavy atom. The summed E-state index contributed by atoms with van der Waals surface area (Å²) in [5.74, 6) is 0.272. The van der Waals surface area contributed by atoms with Crippen molar-refractivity contribution in [1.29, 1.82) is 0 Å². The summed E-state index contributed by atoms with van der Waals surface area (Å²) in [6, 6.07) is 0. The first kappa shape index (κ1) is 13.6. The Labute approximate surface area is 110 Å². The van der Waals surface area contributed by atoms with Crippen molar-refractivity contribution in [2.24, 2.45) is 5.41 Å². The maximum absolute atomic E-state index is 11.6. The number of hydrogen-bond donors (Lipinski definition) is 3. The molecular formula is C14H27N3O+2. The van der Waals surface area contributed by atoms with Crippen molar-refractivity contribution < 1.29 is 15.0 Å². The maximum atomic E-state index is 11.6. The summed E-state index contributed by atoms with van der Waals surface area (Å²) in [4.78, 5) is 13.3. The van der Waals surface area contributed by atoms with Crippen LogP contribution in [0.25, 0.3) is 0 Å². The van der Waals surface area contributed by atoms with Crippen molar-refractivity contribution in [1.82, 2.24) is 5.32 Å². The average molecular weight is 253 g/mol. The third-order valence-electron chi connectivity index (χ3n) is 3.89. The first-order valence-corrected chi connectivity index (χ1v) is 7.18. The van der Waals surface area contributed by atoms with Gasteiger partial charge in [-0.1, -0.05) is 13.8 Å². The summed E-state index contributed by atoms with van der Waals surface area (Å²) < 4.78 is 0. The van der Waals surface area contributed by atoms with E-state index in [4.69, 9.17) is 0 Å². The molecule has 102 valence electrons. The second kappa shape index (κ2) is 5.85. The molecule has 4 N–H and O–H groups in total. The molecule has 0 aromatic heterocycles. The minimum atomic E-state index is 0.126. The van der Waals surface area contributed by atoms with E-state index in [0.717, 1.165) is 18.7 Å². The number of ketones is 1. The summed E-state index contributed by atoms with van der Waals surface area (Å²) in [6.07, 6.45) is 3.50. The van der Waals surface area contributed by atoms with Gasteiger partial charge in [0, 0.05) is 18.2 Å². The fraction of sp³-hybridized carbons (Fsp3) is 0.786. The van der Waals surface area contributed by atoms with E-state index in [1.165, 1.54) is 32.7 Å². The number of quaternary nitrogens is 2. The van der Waals surface area contributed by atoms with E-state index < -0.39 is 0 Å². The number of nitrogens with one attached hydrogen (secondary N) is 2. The topological polar surface area (TPSA) is 50.1 Å². The van der Waals surface area contributed by atoms with Gasteiger partial charge in [0.2, 0.25) is 0 Å². The summed E-state index contributed by atoms with van der Waals surface area (Å²) >= 11 is 0. The average Bonchev–Trinajstić information content (AvgIpc) is 2.27. The third kappa shape index (κ3) is 4.10. The number of carbonyl (C=O) groups is 1. The number of nitrogens with two attached hydrogens (primary N) is 1. The molecule has 2 rings (SSSR count). The lowest BCUT2D eigenvalue weighted by Crippen LogP contribution is -3.20. The summed E-state index contributed by atoms with van der Waals surface area (Å²) in [7, 11) is 0. The van der Waals surface area contributed by atoms with Crippen LogP contribution in [0, 0.1) is 5.41 Å². The van der Waals surface area contributed by atoms with Crippen molar-refractivity contribution in [3.05, 3.63) is 11.8 Å². The van der Waals surface area contributed by atoms with E-state index in [1.54, 1.807) is 4.90 Å². The zero-order valence-corrected chi connectivity index (χ0v) is 11.7. The number of carbonyl (C=O) groups excluding carboxylic acids is 1. The highest BCUT2D eigenvalue weighted by atomic mass is 16.1. The molecule has 0 amide bonds. The van der Waals surface area contributed by atoms with Gasteiger partial charge in [0.25, 0.3) is 0 Å². The summed E-state index contributed by atoms with van der Waals surface area (Å²) in [6.45, 7) is 11.5. The molecule has 1 aliphatic heterocycles. The maximum Gasteiger partial charge on any atom is 0.157 e. The van der Waals surface area contributed by atoms with Gasteiger partial charge in [-0.25, -0.2) is 0 Å². The van der Waals surface area contributed by atoms with Gasteiger partial charge in [-0.3, -0.25) is 4.79 Å². The van der Waals surface area contributed by atoms with Crippen molar-refractivity contribution in [3.8, 4) is 0 Å². The number of piperazine rings is 1. The van der Waals surface area contributed by atoms with Gasteiger partial charge in [-0.2, -0.15) is 0 Å². The van der Waals surface area contributed by atoms with Gasteiger partial charge < -0.3 is 15.5 Å². The Kier molecular flexibility index (Phi) is 4.40. The first-order chi connectivity index (χ1) is 8.55. The van der Waals surface area contributed by atoms with Crippen LogP contribution >= 0.6 is 0 Å². The van der Waals surface area contributed by atoms with Crippen LogP contribution in [0.3, 0.4) is 0 Å². The van der Waals surface area contributed by atoms with Crippen LogP contribution in [-0.4, -0.2) is 45.1 Å². The lowest BCUT2D eigenvalue weighted by atomic mass is 9.79. The molecule has 0 bridgehead atoms. The van der Waals surface area contributed by atoms with Crippen molar-refractivity contribution in [3.63, 3.8) is 0 Å². The molecule has 0 unspecified atom stereocenters. The van der Waals surface area contributed by atoms with Crippen molar-refractivity contribution >= 4 is 5.78 Å². The van der Waals surface area contributed by atoms with E-state index in [0.29, 0.717) is 6.42 Å². The number of allylic oxidation sites excluding steroid dienone is 2. The van der Waals surface area contributed by atoms with Gasteiger partial charge in [-0.05, 0) is 11.8 Å². The van der Waals surface area contributed by atoms with Crippen LogP contribution in [0.2, 0.25) is 0 Å². The van der Waals surface area contributed by atoms with Gasteiger partial charge in [0.1, 0.15) is 26.2 Å². The summed E-state index contributed by atoms with van der Waals surface area (Å²) in [5.41, 5.74) is 1.26. The predicted molar refractivity (Wildman–Crippen MR) is 71.3 cm³/mol. The molecule has 2 aliphatic rings. The molecule has 1 saturated heterocycles. The Bertz CT molecular complexity index is 330. The third-order valence-corrected chi connectivity index (χ3v) is 3.89. The minimum Gasteiger partial charge on any atom is -0.383 e. The van der Waals surface area contributed by atoms with E-state index in [-0.39, 0.29) is 11.2 Å². The minimum absolute atomic E-state index is 0.126.